The van der Waals surface area contributed by atoms with Gasteiger partial charge in [0.05, 0.1) is 28.4 Å². The minimum absolute atomic E-state index is 0.0167. The SMILES string of the molecule is COc1ccc(CN(Cc2ccc(OC)cc2OC)S(=O)(=O)Oc2cccc(C=O)c2)c(OC)c1. The molecule has 0 amide bonds. The largest absolute Gasteiger partial charge is 0.497 e. The molecule has 35 heavy (non-hydrogen) atoms. The highest BCUT2D eigenvalue weighted by molar-refractivity contribution is 7.84. The van der Waals surface area contributed by atoms with Crippen molar-refractivity contribution in [3.05, 3.63) is 77.4 Å². The molecular weight excluding hydrogens is 474 g/mol. The summed E-state index contributed by atoms with van der Waals surface area (Å²) in [7, 11) is 1.71. The number of benzene rings is 3. The van der Waals surface area contributed by atoms with E-state index in [1.807, 2.05) is 0 Å². The van der Waals surface area contributed by atoms with E-state index in [4.69, 9.17) is 23.1 Å². The molecule has 0 bridgehead atoms. The molecule has 3 aromatic rings. The third kappa shape index (κ3) is 6.43. The molecule has 0 saturated heterocycles. The maximum absolute atomic E-state index is 13.4. The first-order valence-corrected chi connectivity index (χ1v) is 11.9. The second kappa shape index (κ2) is 11.6. The molecular formula is C25H27NO8S. The average Bonchev–Trinajstić information content (AvgIpc) is 2.88. The van der Waals surface area contributed by atoms with Crippen LogP contribution in [0.25, 0.3) is 0 Å². The molecule has 186 valence electrons. The highest BCUT2D eigenvalue weighted by atomic mass is 32.2. The van der Waals surface area contributed by atoms with Crippen LogP contribution in [-0.4, -0.2) is 47.4 Å². The van der Waals surface area contributed by atoms with Crippen LogP contribution in [0.2, 0.25) is 0 Å². The van der Waals surface area contributed by atoms with Crippen molar-refractivity contribution >= 4 is 16.6 Å². The summed E-state index contributed by atoms with van der Waals surface area (Å²) in [4.78, 5) is 11.1. The molecule has 3 aromatic carbocycles. The molecule has 0 fully saturated rings. The van der Waals surface area contributed by atoms with Crippen LogP contribution in [0.15, 0.2) is 60.7 Å². The summed E-state index contributed by atoms with van der Waals surface area (Å²) in [6.07, 6.45) is 0.613. The van der Waals surface area contributed by atoms with Crippen LogP contribution < -0.4 is 23.1 Å². The van der Waals surface area contributed by atoms with E-state index in [2.05, 4.69) is 0 Å². The summed E-state index contributed by atoms with van der Waals surface area (Å²) in [5.41, 5.74) is 1.47. The molecule has 0 N–H and O–H groups in total. The van der Waals surface area contributed by atoms with Gasteiger partial charge in [-0.3, -0.25) is 4.79 Å². The number of ether oxygens (including phenoxy) is 4. The number of hydrogen-bond acceptors (Lipinski definition) is 8. The lowest BCUT2D eigenvalue weighted by atomic mass is 10.1. The van der Waals surface area contributed by atoms with Crippen molar-refractivity contribution in [1.29, 1.82) is 0 Å². The van der Waals surface area contributed by atoms with Gasteiger partial charge >= 0.3 is 10.3 Å². The molecule has 0 aliphatic carbocycles. The van der Waals surface area contributed by atoms with Gasteiger partial charge in [0.15, 0.2) is 0 Å². The zero-order chi connectivity index (χ0) is 25.4. The number of carbonyl (C=O) groups excluding carboxylic acids is 1. The van der Waals surface area contributed by atoms with Crippen molar-refractivity contribution < 1.29 is 36.3 Å². The van der Waals surface area contributed by atoms with Gasteiger partial charge in [-0.2, -0.15) is 12.7 Å². The maximum Gasteiger partial charge on any atom is 0.385 e. The zero-order valence-corrected chi connectivity index (χ0v) is 20.7. The Morgan fingerprint density at radius 1 is 0.714 bits per heavy atom. The summed E-state index contributed by atoms with van der Waals surface area (Å²) < 4.78 is 54.8. The van der Waals surface area contributed by atoms with E-state index < -0.39 is 10.3 Å². The van der Waals surface area contributed by atoms with E-state index in [-0.39, 0.29) is 24.4 Å². The summed E-state index contributed by atoms with van der Waals surface area (Å²) in [6, 6.07) is 16.1. The van der Waals surface area contributed by atoms with Gasteiger partial charge in [-0.1, -0.05) is 24.3 Å². The van der Waals surface area contributed by atoms with Crippen molar-refractivity contribution in [2.75, 3.05) is 28.4 Å². The molecule has 0 aliphatic rings. The average molecular weight is 502 g/mol. The molecule has 0 aromatic heterocycles. The van der Waals surface area contributed by atoms with Gasteiger partial charge in [0.25, 0.3) is 0 Å². The quantitative estimate of drug-likeness (QED) is 0.345. The molecule has 10 heteroatoms. The number of nitrogens with zero attached hydrogens (tertiary/aromatic N) is 1. The lowest BCUT2D eigenvalue weighted by molar-refractivity contribution is 0.112. The number of hydrogen-bond donors (Lipinski definition) is 0. The molecule has 0 saturated carbocycles. The first-order chi connectivity index (χ1) is 16.8. The zero-order valence-electron chi connectivity index (χ0n) is 19.9. The smallest absolute Gasteiger partial charge is 0.385 e. The molecule has 0 heterocycles. The predicted molar refractivity (Wildman–Crippen MR) is 130 cm³/mol. The molecule has 0 aliphatic heterocycles. The number of aldehydes is 1. The topological polar surface area (TPSA) is 101 Å². The van der Waals surface area contributed by atoms with E-state index in [0.29, 0.717) is 40.4 Å². The summed E-state index contributed by atoms with van der Waals surface area (Å²) in [5, 5.41) is 0. The first kappa shape index (κ1) is 25.9. The Labute approximate surface area is 205 Å². The second-order valence-corrected chi connectivity index (χ2v) is 8.89. The summed E-state index contributed by atoms with van der Waals surface area (Å²) in [6.45, 7) is -0.143. The minimum atomic E-state index is -4.33. The van der Waals surface area contributed by atoms with Crippen LogP contribution in [0, 0.1) is 0 Å². The van der Waals surface area contributed by atoms with Crippen LogP contribution in [0.4, 0.5) is 0 Å². The van der Waals surface area contributed by atoms with E-state index in [1.54, 1.807) is 42.5 Å². The van der Waals surface area contributed by atoms with Gasteiger partial charge in [-0.25, -0.2) is 0 Å². The van der Waals surface area contributed by atoms with E-state index in [1.165, 1.54) is 46.6 Å². The second-order valence-electron chi connectivity index (χ2n) is 7.35. The van der Waals surface area contributed by atoms with Gasteiger partial charge in [-0.05, 0) is 24.3 Å². The van der Waals surface area contributed by atoms with Gasteiger partial charge in [0.1, 0.15) is 35.0 Å². The van der Waals surface area contributed by atoms with Gasteiger partial charge < -0.3 is 23.1 Å². The fourth-order valence-electron chi connectivity index (χ4n) is 3.37. The van der Waals surface area contributed by atoms with Crippen LogP contribution >= 0.6 is 0 Å². The molecule has 9 nitrogen and oxygen atoms in total. The molecule has 3 rings (SSSR count). The Morgan fingerprint density at radius 2 is 1.26 bits per heavy atom. The Morgan fingerprint density at radius 3 is 1.71 bits per heavy atom. The Kier molecular flexibility index (Phi) is 8.56. The van der Waals surface area contributed by atoms with Crippen molar-refractivity contribution in [3.8, 4) is 28.7 Å². The Hall–Kier alpha value is -3.76. The third-order valence-corrected chi connectivity index (χ3v) is 6.49. The van der Waals surface area contributed by atoms with Crippen LogP contribution in [0.3, 0.4) is 0 Å². The fourth-order valence-corrected chi connectivity index (χ4v) is 4.42. The van der Waals surface area contributed by atoms with E-state index in [9.17, 15) is 13.2 Å². The summed E-state index contributed by atoms with van der Waals surface area (Å²) in [5.74, 6) is 2.06. The van der Waals surface area contributed by atoms with Gasteiger partial charge in [0.2, 0.25) is 0 Å². The number of carbonyl (C=O) groups is 1. The van der Waals surface area contributed by atoms with Gasteiger partial charge in [-0.15, -0.1) is 0 Å². The Balaban J connectivity index is 2.02. The third-order valence-electron chi connectivity index (χ3n) is 5.19. The van der Waals surface area contributed by atoms with Crippen molar-refractivity contribution in [1.82, 2.24) is 4.31 Å². The lowest BCUT2D eigenvalue weighted by Crippen LogP contribution is -2.34. The monoisotopic (exact) mass is 501 g/mol. The Bertz CT molecular complexity index is 1220. The fraction of sp³-hybridized carbons (Fsp3) is 0.240. The van der Waals surface area contributed by atoms with Crippen molar-refractivity contribution in [3.63, 3.8) is 0 Å². The number of rotatable bonds is 12. The van der Waals surface area contributed by atoms with E-state index >= 15 is 0 Å². The van der Waals surface area contributed by atoms with E-state index in [0.717, 1.165) is 4.31 Å². The number of methoxy groups -OCH3 is 4. The van der Waals surface area contributed by atoms with Gasteiger partial charge in [0, 0.05) is 41.9 Å². The first-order valence-electron chi connectivity index (χ1n) is 10.5. The predicted octanol–water partition coefficient (Wildman–Crippen LogP) is 3.86. The molecule has 0 spiro atoms. The van der Waals surface area contributed by atoms with Crippen molar-refractivity contribution in [2.24, 2.45) is 0 Å². The lowest BCUT2D eigenvalue weighted by Gasteiger charge is -2.24. The van der Waals surface area contributed by atoms with Crippen LogP contribution in [0.1, 0.15) is 21.5 Å². The maximum atomic E-state index is 13.4. The van der Waals surface area contributed by atoms with Crippen LogP contribution in [-0.2, 0) is 23.4 Å². The van der Waals surface area contributed by atoms with Crippen molar-refractivity contribution in [2.45, 2.75) is 13.1 Å². The molecule has 0 radical (unpaired) electrons. The normalized spacial score (nSPS) is 11.1. The minimum Gasteiger partial charge on any atom is -0.497 e. The highest BCUT2D eigenvalue weighted by Crippen LogP contribution is 2.31. The standard InChI is InChI=1S/C25H27NO8S/c1-30-21-10-8-19(24(13-21)32-3)15-26(16-20-9-11-22(31-2)14-25(20)33-4)35(28,29)34-23-7-5-6-18(12-23)17-27/h5-14,17H,15-16H2,1-4H3. The van der Waals surface area contributed by atoms with Crippen LogP contribution in [0.5, 0.6) is 28.7 Å². The highest BCUT2D eigenvalue weighted by Gasteiger charge is 2.28. The summed E-state index contributed by atoms with van der Waals surface area (Å²) >= 11 is 0. The molecule has 0 unspecified atom stereocenters. The molecule has 0 atom stereocenters.